The van der Waals surface area contributed by atoms with Gasteiger partial charge in [-0.15, -0.1) is 0 Å². The number of carbonyl (C=O) groups is 1. The summed E-state index contributed by atoms with van der Waals surface area (Å²) in [6.45, 7) is 0.698. The van der Waals surface area contributed by atoms with Crippen LogP contribution in [0.25, 0.3) is 6.08 Å². The number of allylic oxidation sites excluding steroid dienone is 2. The second kappa shape index (κ2) is 4.43. The molecule has 0 radical (unpaired) electrons. The summed E-state index contributed by atoms with van der Waals surface area (Å²) in [5, 5.41) is 0. The summed E-state index contributed by atoms with van der Waals surface area (Å²) in [6.07, 6.45) is 15.6. The number of likely N-dealkylation sites (tertiary alicyclic amines) is 1. The number of carbonyl (C=O) groups excluding carboxylic acids is 1. The van der Waals surface area contributed by atoms with Crippen molar-refractivity contribution in [3.05, 3.63) is 66.4 Å². The van der Waals surface area contributed by atoms with Crippen molar-refractivity contribution in [3.63, 3.8) is 0 Å². The van der Waals surface area contributed by atoms with E-state index in [2.05, 4.69) is 17.1 Å². The first-order chi connectivity index (χ1) is 9.21. The first-order valence-corrected chi connectivity index (χ1v) is 6.29. The summed E-state index contributed by atoms with van der Waals surface area (Å²) in [4.78, 5) is 18.1. The summed E-state index contributed by atoms with van der Waals surface area (Å²) in [5.41, 5.74) is 1.54. The second-order valence-corrected chi connectivity index (χ2v) is 4.95. The highest BCUT2D eigenvalue weighted by Gasteiger charge is 2.38. The Labute approximate surface area is 113 Å². The van der Waals surface area contributed by atoms with Crippen molar-refractivity contribution >= 4 is 12.0 Å². The average Bonchev–Trinajstić information content (AvgIpc) is 2.66. The van der Waals surface area contributed by atoms with E-state index in [9.17, 15) is 4.79 Å². The van der Waals surface area contributed by atoms with E-state index in [0.29, 0.717) is 6.54 Å². The van der Waals surface area contributed by atoms with Gasteiger partial charge in [0.1, 0.15) is 0 Å². The lowest BCUT2D eigenvalue weighted by Gasteiger charge is -2.31. The number of aromatic nitrogens is 1. The number of hydrogen-bond donors (Lipinski definition) is 0. The predicted octanol–water partition coefficient (Wildman–Crippen LogP) is 2.25. The maximum absolute atomic E-state index is 12.3. The fourth-order valence-electron chi connectivity index (χ4n) is 2.64. The van der Waals surface area contributed by atoms with Crippen molar-refractivity contribution in [3.8, 4) is 0 Å². The Morgan fingerprint density at radius 1 is 1.32 bits per heavy atom. The van der Waals surface area contributed by atoms with Crippen LogP contribution in [0, 0.1) is 11.8 Å². The van der Waals surface area contributed by atoms with Crippen molar-refractivity contribution in [2.75, 3.05) is 13.6 Å². The molecule has 2 heterocycles. The van der Waals surface area contributed by atoms with E-state index >= 15 is 0 Å². The molecule has 1 amide bonds. The topological polar surface area (TPSA) is 33.2 Å². The number of nitrogens with zero attached hydrogens (tertiary/aromatic N) is 2. The Bertz CT molecular complexity index is 572. The maximum Gasteiger partial charge on any atom is 0.248 e. The molecule has 1 fully saturated rings. The SMILES string of the molecule is CN1CC2(C=C[CH-]C=C2)/C(=C/c2ccncc2)C1=O. The quantitative estimate of drug-likeness (QED) is 0.566. The summed E-state index contributed by atoms with van der Waals surface area (Å²) >= 11 is 0. The normalized spacial score (nSPS) is 22.3. The lowest BCUT2D eigenvalue weighted by Crippen LogP contribution is -2.23. The number of rotatable bonds is 1. The van der Waals surface area contributed by atoms with E-state index < -0.39 is 0 Å². The maximum atomic E-state index is 12.3. The Hall–Kier alpha value is -2.29. The first kappa shape index (κ1) is 11.8. The van der Waals surface area contributed by atoms with Gasteiger partial charge in [0.15, 0.2) is 0 Å². The number of pyridine rings is 1. The van der Waals surface area contributed by atoms with E-state index in [0.717, 1.165) is 11.1 Å². The first-order valence-electron chi connectivity index (χ1n) is 6.29. The average molecular weight is 251 g/mol. The van der Waals surface area contributed by atoms with Crippen molar-refractivity contribution < 1.29 is 4.79 Å². The number of hydrogen-bond acceptors (Lipinski definition) is 2. The fraction of sp³-hybridized carbons (Fsp3) is 0.188. The molecule has 0 bridgehead atoms. The van der Waals surface area contributed by atoms with Crippen LogP contribution < -0.4 is 0 Å². The van der Waals surface area contributed by atoms with Gasteiger partial charge in [0, 0.05) is 31.6 Å². The monoisotopic (exact) mass is 251 g/mol. The summed E-state index contributed by atoms with van der Waals surface area (Å²) < 4.78 is 0. The van der Waals surface area contributed by atoms with Crippen LogP contribution in [0.3, 0.4) is 0 Å². The Morgan fingerprint density at radius 2 is 2.00 bits per heavy atom. The van der Waals surface area contributed by atoms with Crippen LogP contribution in [0.15, 0.2) is 54.4 Å². The zero-order valence-electron chi connectivity index (χ0n) is 10.8. The number of likely N-dealkylation sites (N-methyl/N-ethyl adjacent to an activating group) is 1. The highest BCUT2D eigenvalue weighted by molar-refractivity contribution is 6.02. The molecule has 1 spiro atoms. The molecule has 19 heavy (non-hydrogen) atoms. The van der Waals surface area contributed by atoms with Gasteiger partial charge in [-0.3, -0.25) is 9.78 Å². The highest BCUT2D eigenvalue weighted by atomic mass is 16.2. The molecule has 0 saturated carbocycles. The van der Waals surface area contributed by atoms with E-state index in [1.54, 1.807) is 17.3 Å². The van der Waals surface area contributed by atoms with Gasteiger partial charge >= 0.3 is 0 Å². The van der Waals surface area contributed by atoms with E-state index in [1.165, 1.54) is 0 Å². The van der Waals surface area contributed by atoms with Gasteiger partial charge < -0.3 is 4.90 Å². The third-order valence-electron chi connectivity index (χ3n) is 3.60. The lowest BCUT2D eigenvalue weighted by molar-refractivity contribution is -0.123. The summed E-state index contributed by atoms with van der Waals surface area (Å²) in [5.74, 6) is 0.0908. The predicted molar refractivity (Wildman–Crippen MR) is 74.9 cm³/mol. The molecule has 3 nitrogen and oxygen atoms in total. The van der Waals surface area contributed by atoms with Crippen LogP contribution in [0.1, 0.15) is 5.56 Å². The molecule has 0 aromatic carbocycles. The van der Waals surface area contributed by atoms with Gasteiger partial charge in [0.2, 0.25) is 5.91 Å². The van der Waals surface area contributed by atoms with Crippen molar-refractivity contribution in [1.82, 2.24) is 9.88 Å². The molecule has 3 rings (SSSR count). The highest BCUT2D eigenvalue weighted by Crippen LogP contribution is 2.41. The summed E-state index contributed by atoms with van der Waals surface area (Å²) in [6, 6.07) is 3.82. The molecule has 1 aliphatic carbocycles. The van der Waals surface area contributed by atoms with E-state index in [-0.39, 0.29) is 11.3 Å². The third-order valence-corrected chi connectivity index (χ3v) is 3.60. The smallest absolute Gasteiger partial charge is 0.248 e. The molecule has 2 aliphatic rings. The largest absolute Gasteiger partial charge is 0.343 e. The molecular weight excluding hydrogens is 236 g/mol. The Kier molecular flexibility index (Phi) is 2.75. The van der Waals surface area contributed by atoms with Gasteiger partial charge in [0.05, 0.1) is 0 Å². The van der Waals surface area contributed by atoms with Crippen LogP contribution in [-0.4, -0.2) is 29.4 Å². The molecule has 0 unspecified atom stereocenters. The van der Waals surface area contributed by atoms with Gasteiger partial charge in [-0.25, -0.2) is 0 Å². The molecular formula is C16H15N2O-. The molecule has 0 atom stereocenters. The molecule has 1 aromatic heterocycles. The van der Waals surface area contributed by atoms with Gasteiger partial charge in [-0.05, 0) is 29.2 Å². The van der Waals surface area contributed by atoms with E-state index in [1.807, 2.05) is 43.8 Å². The molecule has 1 saturated heterocycles. The van der Waals surface area contributed by atoms with E-state index in [4.69, 9.17) is 0 Å². The van der Waals surface area contributed by atoms with Crippen LogP contribution >= 0.6 is 0 Å². The van der Waals surface area contributed by atoms with Gasteiger partial charge in [-0.2, -0.15) is 30.7 Å². The molecule has 3 heteroatoms. The van der Waals surface area contributed by atoms with Crippen molar-refractivity contribution in [2.24, 2.45) is 5.41 Å². The molecule has 1 aromatic rings. The number of amides is 1. The lowest BCUT2D eigenvalue weighted by atomic mass is 9.78. The zero-order chi connectivity index (χ0) is 13.3. The minimum absolute atomic E-state index is 0.0908. The molecule has 96 valence electrons. The Balaban J connectivity index is 2.08. The fourth-order valence-corrected chi connectivity index (χ4v) is 2.64. The zero-order valence-corrected chi connectivity index (χ0v) is 10.8. The minimum Gasteiger partial charge on any atom is -0.343 e. The Morgan fingerprint density at radius 3 is 2.68 bits per heavy atom. The van der Waals surface area contributed by atoms with Crippen molar-refractivity contribution in [2.45, 2.75) is 0 Å². The second-order valence-electron chi connectivity index (χ2n) is 4.95. The third kappa shape index (κ3) is 1.97. The van der Waals surface area contributed by atoms with Crippen LogP contribution in [-0.2, 0) is 4.79 Å². The van der Waals surface area contributed by atoms with Crippen molar-refractivity contribution in [1.29, 1.82) is 0 Å². The molecule has 0 N–H and O–H groups in total. The van der Waals surface area contributed by atoms with Crippen LogP contribution in [0.4, 0.5) is 0 Å². The minimum atomic E-state index is -0.288. The van der Waals surface area contributed by atoms with Crippen LogP contribution in [0.2, 0.25) is 0 Å². The van der Waals surface area contributed by atoms with Gasteiger partial charge in [-0.1, -0.05) is 0 Å². The summed E-state index contributed by atoms with van der Waals surface area (Å²) in [7, 11) is 1.84. The van der Waals surface area contributed by atoms with Gasteiger partial charge in [0.25, 0.3) is 0 Å². The standard InChI is InChI=1S/C16H15N2O/c1-18-12-16(7-3-2-4-8-16)14(15(18)19)11-13-5-9-17-10-6-13/h2-11H,12H2,1H3/q-1/b14-11+. The molecule has 1 aliphatic heterocycles. The van der Waals surface area contributed by atoms with Crippen LogP contribution in [0.5, 0.6) is 0 Å².